The molecule has 0 aliphatic carbocycles. The summed E-state index contributed by atoms with van der Waals surface area (Å²) >= 11 is 0. The summed E-state index contributed by atoms with van der Waals surface area (Å²) in [5.41, 5.74) is 0. The molecule has 0 fully saturated rings. The van der Waals surface area contributed by atoms with E-state index in [2.05, 4.69) is 0 Å². The summed E-state index contributed by atoms with van der Waals surface area (Å²) in [5, 5.41) is 0. The minimum absolute atomic E-state index is 0.0126. The first-order valence-electron chi connectivity index (χ1n) is 8.26. The van der Waals surface area contributed by atoms with Crippen LogP contribution in [0, 0.1) is 5.92 Å². The highest BCUT2D eigenvalue weighted by Gasteiger charge is 2.33. The molecule has 0 amide bonds. The van der Waals surface area contributed by atoms with E-state index < -0.39 is 12.1 Å². The molecule has 0 N–H and O–H groups in total. The summed E-state index contributed by atoms with van der Waals surface area (Å²) in [4.78, 5) is 24.8. The first-order chi connectivity index (χ1) is 10.3. The van der Waals surface area contributed by atoms with Crippen LogP contribution in [-0.4, -0.2) is 42.9 Å². The van der Waals surface area contributed by atoms with Crippen molar-refractivity contribution in [1.82, 2.24) is 4.90 Å². The Hall–Kier alpha value is -1.16. The van der Waals surface area contributed by atoms with Gasteiger partial charge in [0.2, 0.25) is 0 Å². The Morgan fingerprint density at radius 3 is 1.82 bits per heavy atom. The number of esters is 1. The molecular formula is C18H37NO3. The second-order valence-corrected chi connectivity index (χ2v) is 4.88. The molecule has 0 aliphatic heterocycles. The van der Waals surface area contributed by atoms with Crippen molar-refractivity contribution in [2.24, 2.45) is 5.92 Å². The van der Waals surface area contributed by atoms with Gasteiger partial charge in [-0.05, 0) is 40.3 Å². The van der Waals surface area contributed by atoms with Crippen LogP contribution in [0.5, 0.6) is 0 Å². The van der Waals surface area contributed by atoms with Crippen LogP contribution in [0.1, 0.15) is 61.8 Å². The lowest BCUT2D eigenvalue weighted by molar-refractivity contribution is -0.154. The topological polar surface area (TPSA) is 46.6 Å². The van der Waals surface area contributed by atoms with E-state index in [-0.39, 0.29) is 17.7 Å². The van der Waals surface area contributed by atoms with Gasteiger partial charge in [0, 0.05) is 6.92 Å². The molecule has 22 heavy (non-hydrogen) atoms. The van der Waals surface area contributed by atoms with Gasteiger partial charge in [-0.1, -0.05) is 46.8 Å². The number of allylic oxidation sites excluding steroid dienone is 2. The number of hydrogen-bond acceptors (Lipinski definition) is 4. The molecule has 0 heterocycles. The fourth-order valence-corrected chi connectivity index (χ4v) is 2.06. The Bertz CT molecular complexity index is 311. The normalized spacial score (nSPS) is 14.1. The largest absolute Gasteiger partial charge is 0.460 e. The highest BCUT2D eigenvalue weighted by atomic mass is 16.5. The van der Waals surface area contributed by atoms with Crippen LogP contribution >= 0.6 is 0 Å². The summed E-state index contributed by atoms with van der Waals surface area (Å²) in [6.07, 6.45) is 4.35. The van der Waals surface area contributed by atoms with Crippen molar-refractivity contribution >= 4 is 11.8 Å². The zero-order valence-corrected chi connectivity index (χ0v) is 16.3. The molecule has 0 bridgehead atoms. The van der Waals surface area contributed by atoms with Crippen molar-refractivity contribution in [3.8, 4) is 0 Å². The highest BCUT2D eigenvalue weighted by Crippen LogP contribution is 2.20. The highest BCUT2D eigenvalue weighted by molar-refractivity contribution is 5.82. The van der Waals surface area contributed by atoms with Crippen LogP contribution in [0.4, 0.5) is 0 Å². The third kappa shape index (κ3) is 11.5. The van der Waals surface area contributed by atoms with E-state index in [1.54, 1.807) is 0 Å². The number of ether oxygens (including phenoxy) is 1. The van der Waals surface area contributed by atoms with Crippen LogP contribution < -0.4 is 0 Å². The van der Waals surface area contributed by atoms with Crippen LogP contribution in [0.15, 0.2) is 12.2 Å². The lowest BCUT2D eigenvalue weighted by atomic mass is 9.91. The van der Waals surface area contributed by atoms with Gasteiger partial charge < -0.3 is 4.74 Å². The maximum Gasteiger partial charge on any atom is 0.302 e. The van der Waals surface area contributed by atoms with Gasteiger partial charge in [0.05, 0.1) is 0 Å². The number of ketones is 1. The van der Waals surface area contributed by atoms with Crippen molar-refractivity contribution in [2.75, 3.05) is 14.1 Å². The molecule has 0 radical (unpaired) electrons. The number of hydrogen-bond donors (Lipinski definition) is 0. The first-order valence-corrected chi connectivity index (χ1v) is 8.26. The third-order valence-electron chi connectivity index (χ3n) is 2.89. The molecule has 4 heteroatoms. The molecule has 0 aromatic rings. The second kappa shape index (κ2) is 16.2. The van der Waals surface area contributed by atoms with Gasteiger partial charge in [0.1, 0.15) is 12.1 Å². The van der Waals surface area contributed by atoms with Gasteiger partial charge in [0.25, 0.3) is 0 Å². The fourth-order valence-electron chi connectivity index (χ4n) is 2.06. The Kier molecular flexibility index (Phi) is 19.0. The zero-order chi connectivity index (χ0) is 18.3. The van der Waals surface area contributed by atoms with E-state index in [1.165, 1.54) is 13.8 Å². The lowest BCUT2D eigenvalue weighted by Gasteiger charge is -2.33. The molecule has 0 saturated carbocycles. The monoisotopic (exact) mass is 315 g/mol. The van der Waals surface area contributed by atoms with Gasteiger partial charge >= 0.3 is 5.97 Å². The number of nitrogens with zero attached hydrogens (tertiary/aromatic N) is 1. The van der Waals surface area contributed by atoms with E-state index in [9.17, 15) is 9.59 Å². The molecule has 1 unspecified atom stereocenters. The standard InChI is InChI=1S/C14H25NO3.2C2H6/c1-7-8-9-10(2)14(18-12(4)17)13(11(3)16)15(5)6;2*1-2/h7-8,10,13-14H,9H2,1-6H3;2*1-2H3/b8-7+;;/t10-,13-,14?;;/m1../s1. The van der Waals surface area contributed by atoms with Gasteiger partial charge in [-0.2, -0.15) is 0 Å². The molecule has 4 nitrogen and oxygen atoms in total. The second-order valence-electron chi connectivity index (χ2n) is 4.88. The number of rotatable bonds is 7. The molecular weight excluding hydrogens is 278 g/mol. The molecule has 0 saturated heterocycles. The number of carbonyl (C=O) groups excluding carboxylic acids is 2. The van der Waals surface area contributed by atoms with Crippen molar-refractivity contribution < 1.29 is 14.3 Å². The number of likely N-dealkylation sites (N-methyl/N-ethyl adjacent to an activating group) is 1. The predicted octanol–water partition coefficient (Wildman–Crippen LogP) is 4.09. The van der Waals surface area contributed by atoms with Crippen LogP contribution in [0.25, 0.3) is 0 Å². The summed E-state index contributed by atoms with van der Waals surface area (Å²) in [6, 6.07) is -0.394. The van der Waals surface area contributed by atoms with Crippen molar-refractivity contribution in [3.63, 3.8) is 0 Å². The Labute approximate surface area is 137 Å². The average Bonchev–Trinajstić information content (AvgIpc) is 2.47. The van der Waals surface area contributed by atoms with Crippen molar-refractivity contribution in [2.45, 2.75) is 74.0 Å². The van der Waals surface area contributed by atoms with Crippen LogP contribution in [-0.2, 0) is 14.3 Å². The first kappa shape index (κ1) is 25.8. The maximum atomic E-state index is 11.7. The minimum atomic E-state index is -0.411. The molecule has 0 aromatic heterocycles. The summed E-state index contributed by atoms with van der Waals surface area (Å²) in [6.45, 7) is 14.8. The molecule has 132 valence electrons. The molecule has 0 rings (SSSR count). The molecule has 0 spiro atoms. The third-order valence-corrected chi connectivity index (χ3v) is 2.89. The van der Waals surface area contributed by atoms with E-state index in [0.29, 0.717) is 0 Å². The zero-order valence-electron chi connectivity index (χ0n) is 16.3. The summed E-state index contributed by atoms with van der Waals surface area (Å²) in [5.74, 6) is -0.236. The van der Waals surface area contributed by atoms with Gasteiger partial charge in [-0.15, -0.1) is 0 Å². The van der Waals surface area contributed by atoms with E-state index in [0.717, 1.165) is 6.42 Å². The van der Waals surface area contributed by atoms with Gasteiger partial charge in [-0.3, -0.25) is 14.5 Å². The van der Waals surface area contributed by atoms with Crippen molar-refractivity contribution in [3.05, 3.63) is 12.2 Å². The Morgan fingerprint density at radius 2 is 1.55 bits per heavy atom. The average molecular weight is 315 g/mol. The smallest absolute Gasteiger partial charge is 0.302 e. The lowest BCUT2D eigenvalue weighted by Crippen LogP contribution is -2.49. The minimum Gasteiger partial charge on any atom is -0.460 e. The number of Topliss-reactive ketones (excluding diaryl/α,β-unsaturated/α-hetero) is 1. The predicted molar refractivity (Wildman–Crippen MR) is 95.0 cm³/mol. The van der Waals surface area contributed by atoms with Crippen LogP contribution in [0.2, 0.25) is 0 Å². The Balaban J connectivity index is -0.000000826. The maximum absolute atomic E-state index is 11.7. The van der Waals surface area contributed by atoms with E-state index in [4.69, 9.17) is 4.74 Å². The SMILES string of the molecule is C/C=C/C[C@@H](C)C(OC(C)=O)[C@@H](C(C)=O)N(C)C.CC.CC. The Morgan fingerprint density at radius 1 is 1.09 bits per heavy atom. The fraction of sp³-hybridized carbons (Fsp3) is 0.778. The van der Waals surface area contributed by atoms with Gasteiger partial charge in [-0.25, -0.2) is 0 Å². The van der Waals surface area contributed by atoms with E-state index in [1.807, 2.05) is 72.7 Å². The summed E-state index contributed by atoms with van der Waals surface area (Å²) in [7, 11) is 3.65. The molecule has 3 atom stereocenters. The van der Waals surface area contributed by atoms with Gasteiger partial charge in [0.15, 0.2) is 5.78 Å². The molecule has 0 aliphatic rings. The summed E-state index contributed by atoms with van der Waals surface area (Å²) < 4.78 is 5.36. The molecule has 0 aromatic carbocycles. The quantitative estimate of drug-likeness (QED) is 0.524. The van der Waals surface area contributed by atoms with Crippen molar-refractivity contribution in [1.29, 1.82) is 0 Å². The van der Waals surface area contributed by atoms with E-state index >= 15 is 0 Å². The van der Waals surface area contributed by atoms with Crippen LogP contribution in [0.3, 0.4) is 0 Å². The number of carbonyl (C=O) groups is 2.